The predicted octanol–water partition coefficient (Wildman–Crippen LogP) is 2.02. The van der Waals surface area contributed by atoms with Crippen LogP contribution < -0.4 is 9.44 Å². The molecule has 2 aromatic rings. The molecule has 0 unspecified atom stereocenters. The zero-order valence-corrected chi connectivity index (χ0v) is 16.5. The minimum absolute atomic E-state index is 0.0275. The average Bonchev–Trinajstić information content (AvgIpc) is 3.10. The standard InChI is InChI=1S/C15H18N2O6S3/c1-3-9-16-25(19,20)12-6-4-11(5-7-12)17-26(21,22)13-8-10-24-14(13)15(18)23-2/h4-8,10,16-17H,3,9H2,1-2H3. The molecule has 0 amide bonds. The molecule has 0 aliphatic rings. The minimum Gasteiger partial charge on any atom is -0.465 e. The molecule has 0 fully saturated rings. The van der Waals surface area contributed by atoms with Crippen LogP contribution >= 0.6 is 11.3 Å². The van der Waals surface area contributed by atoms with E-state index >= 15 is 0 Å². The highest BCUT2D eigenvalue weighted by Crippen LogP contribution is 2.25. The highest BCUT2D eigenvalue weighted by atomic mass is 32.2. The first-order chi connectivity index (χ1) is 12.2. The Labute approximate surface area is 156 Å². The van der Waals surface area contributed by atoms with E-state index in [0.29, 0.717) is 13.0 Å². The number of anilines is 1. The lowest BCUT2D eigenvalue weighted by atomic mass is 10.3. The van der Waals surface area contributed by atoms with Gasteiger partial charge in [-0.1, -0.05) is 6.92 Å². The third-order valence-corrected chi connectivity index (χ3v) is 7.17. The second kappa shape index (κ2) is 8.16. The Morgan fingerprint density at radius 1 is 1.08 bits per heavy atom. The molecule has 0 spiro atoms. The zero-order chi connectivity index (χ0) is 19.4. The number of sulfonamides is 2. The summed E-state index contributed by atoms with van der Waals surface area (Å²) in [4.78, 5) is 11.4. The number of methoxy groups -OCH3 is 1. The molecule has 0 saturated heterocycles. The van der Waals surface area contributed by atoms with Gasteiger partial charge in [0.1, 0.15) is 9.77 Å². The molecule has 0 saturated carbocycles. The first kappa shape index (κ1) is 20.4. The fourth-order valence-corrected chi connectivity index (χ4v) is 5.51. The van der Waals surface area contributed by atoms with Gasteiger partial charge in [-0.15, -0.1) is 11.3 Å². The van der Waals surface area contributed by atoms with Crippen molar-refractivity contribution in [3.8, 4) is 0 Å². The number of hydrogen-bond acceptors (Lipinski definition) is 7. The van der Waals surface area contributed by atoms with Gasteiger partial charge in [-0.05, 0) is 42.1 Å². The number of ether oxygens (including phenoxy) is 1. The quantitative estimate of drug-likeness (QED) is 0.633. The van der Waals surface area contributed by atoms with Gasteiger partial charge in [0.15, 0.2) is 0 Å². The van der Waals surface area contributed by atoms with Crippen LogP contribution in [0.2, 0.25) is 0 Å². The molecule has 1 aromatic heterocycles. The van der Waals surface area contributed by atoms with Crippen molar-refractivity contribution in [2.24, 2.45) is 0 Å². The second-order valence-electron chi connectivity index (χ2n) is 5.13. The number of carbonyl (C=O) groups excluding carboxylic acids is 1. The molecule has 0 atom stereocenters. The maximum Gasteiger partial charge on any atom is 0.349 e. The van der Waals surface area contributed by atoms with E-state index in [-0.39, 0.29) is 20.4 Å². The molecule has 0 aliphatic heterocycles. The molecular formula is C15H18N2O6S3. The molecule has 8 nitrogen and oxygen atoms in total. The molecule has 0 bridgehead atoms. The highest BCUT2D eigenvalue weighted by molar-refractivity contribution is 7.93. The number of esters is 1. The number of carbonyl (C=O) groups is 1. The van der Waals surface area contributed by atoms with Crippen LogP contribution in [0, 0.1) is 0 Å². The van der Waals surface area contributed by atoms with Crippen molar-refractivity contribution in [2.45, 2.75) is 23.1 Å². The summed E-state index contributed by atoms with van der Waals surface area (Å²) in [5.74, 6) is -0.746. The Morgan fingerprint density at radius 3 is 2.31 bits per heavy atom. The molecule has 142 valence electrons. The van der Waals surface area contributed by atoms with Gasteiger partial charge in [0.25, 0.3) is 10.0 Å². The lowest BCUT2D eigenvalue weighted by molar-refractivity contribution is 0.0602. The number of thiophene rings is 1. The summed E-state index contributed by atoms with van der Waals surface area (Å²) in [5, 5.41) is 1.47. The lowest BCUT2D eigenvalue weighted by Crippen LogP contribution is -2.24. The molecule has 0 aliphatic carbocycles. The highest BCUT2D eigenvalue weighted by Gasteiger charge is 2.25. The van der Waals surface area contributed by atoms with Crippen molar-refractivity contribution < 1.29 is 26.4 Å². The Hall–Kier alpha value is -1.95. The number of benzene rings is 1. The van der Waals surface area contributed by atoms with Crippen molar-refractivity contribution in [2.75, 3.05) is 18.4 Å². The van der Waals surface area contributed by atoms with E-state index in [2.05, 4.69) is 14.2 Å². The summed E-state index contributed by atoms with van der Waals surface area (Å²) >= 11 is 0.952. The maximum atomic E-state index is 12.5. The summed E-state index contributed by atoms with van der Waals surface area (Å²) in [6.45, 7) is 2.15. The van der Waals surface area contributed by atoms with Crippen molar-refractivity contribution in [1.82, 2.24) is 4.72 Å². The number of hydrogen-bond donors (Lipinski definition) is 2. The molecule has 2 rings (SSSR count). The third-order valence-electron chi connectivity index (χ3n) is 3.25. The summed E-state index contributed by atoms with van der Waals surface area (Å²) < 4.78 is 58.3. The molecule has 1 aromatic carbocycles. The zero-order valence-electron chi connectivity index (χ0n) is 14.1. The molecule has 11 heteroatoms. The van der Waals surface area contributed by atoms with Gasteiger partial charge in [0.2, 0.25) is 10.0 Å². The molecule has 0 radical (unpaired) electrons. The lowest BCUT2D eigenvalue weighted by Gasteiger charge is -2.10. The first-order valence-electron chi connectivity index (χ1n) is 7.49. The Kier molecular flexibility index (Phi) is 6.39. The normalized spacial score (nSPS) is 11.9. The smallest absolute Gasteiger partial charge is 0.349 e. The van der Waals surface area contributed by atoms with Gasteiger partial charge in [0.05, 0.1) is 12.0 Å². The van der Waals surface area contributed by atoms with Crippen LogP contribution in [0.5, 0.6) is 0 Å². The van der Waals surface area contributed by atoms with E-state index in [9.17, 15) is 21.6 Å². The largest absolute Gasteiger partial charge is 0.465 e. The molecule has 2 N–H and O–H groups in total. The maximum absolute atomic E-state index is 12.5. The predicted molar refractivity (Wildman–Crippen MR) is 98.4 cm³/mol. The van der Waals surface area contributed by atoms with E-state index in [1.165, 1.54) is 35.7 Å². The van der Waals surface area contributed by atoms with Crippen LogP contribution in [0.25, 0.3) is 0 Å². The van der Waals surface area contributed by atoms with Crippen LogP contribution in [0.15, 0.2) is 45.5 Å². The van der Waals surface area contributed by atoms with Gasteiger partial charge in [-0.25, -0.2) is 26.4 Å². The van der Waals surface area contributed by atoms with Crippen LogP contribution in [0.3, 0.4) is 0 Å². The number of nitrogens with one attached hydrogen (secondary N) is 2. The van der Waals surface area contributed by atoms with E-state index < -0.39 is 26.0 Å². The molecular weight excluding hydrogens is 400 g/mol. The summed E-state index contributed by atoms with van der Waals surface area (Å²) in [6.07, 6.45) is 0.653. The average molecular weight is 419 g/mol. The summed E-state index contributed by atoms with van der Waals surface area (Å²) in [5.41, 5.74) is 0.168. The molecule has 1 heterocycles. The summed E-state index contributed by atoms with van der Waals surface area (Å²) in [6, 6.07) is 6.56. The SMILES string of the molecule is CCCNS(=O)(=O)c1ccc(NS(=O)(=O)c2ccsc2C(=O)OC)cc1. The van der Waals surface area contributed by atoms with Crippen LogP contribution in [-0.4, -0.2) is 36.5 Å². The van der Waals surface area contributed by atoms with Crippen LogP contribution in [0.4, 0.5) is 5.69 Å². The van der Waals surface area contributed by atoms with Crippen molar-refractivity contribution >= 4 is 43.0 Å². The molecule has 26 heavy (non-hydrogen) atoms. The Bertz CT molecular complexity index is 979. The van der Waals surface area contributed by atoms with E-state index in [0.717, 1.165) is 18.4 Å². The van der Waals surface area contributed by atoms with Gasteiger partial charge in [-0.2, -0.15) is 0 Å². The van der Waals surface area contributed by atoms with Gasteiger partial charge in [0, 0.05) is 12.2 Å². The monoisotopic (exact) mass is 418 g/mol. The van der Waals surface area contributed by atoms with Crippen molar-refractivity contribution in [3.63, 3.8) is 0 Å². The summed E-state index contributed by atoms with van der Waals surface area (Å²) in [7, 11) is -6.49. The van der Waals surface area contributed by atoms with E-state index in [1.54, 1.807) is 0 Å². The Morgan fingerprint density at radius 2 is 1.73 bits per heavy atom. The van der Waals surface area contributed by atoms with Gasteiger partial charge < -0.3 is 4.74 Å². The first-order valence-corrected chi connectivity index (χ1v) is 11.3. The minimum atomic E-state index is -4.02. The Balaban J connectivity index is 2.24. The topological polar surface area (TPSA) is 119 Å². The van der Waals surface area contributed by atoms with Crippen LogP contribution in [0.1, 0.15) is 23.0 Å². The third kappa shape index (κ3) is 4.61. The van der Waals surface area contributed by atoms with Crippen molar-refractivity contribution in [3.05, 3.63) is 40.6 Å². The van der Waals surface area contributed by atoms with E-state index in [4.69, 9.17) is 0 Å². The van der Waals surface area contributed by atoms with Gasteiger partial charge >= 0.3 is 5.97 Å². The van der Waals surface area contributed by atoms with Gasteiger partial charge in [-0.3, -0.25) is 4.72 Å². The fourth-order valence-electron chi connectivity index (χ4n) is 1.98. The second-order valence-corrected chi connectivity index (χ2v) is 9.47. The van der Waals surface area contributed by atoms with Crippen LogP contribution in [-0.2, 0) is 24.8 Å². The van der Waals surface area contributed by atoms with E-state index in [1.807, 2.05) is 6.92 Å². The van der Waals surface area contributed by atoms with Crippen molar-refractivity contribution in [1.29, 1.82) is 0 Å². The fraction of sp³-hybridized carbons (Fsp3) is 0.267. The number of rotatable bonds is 8.